The summed E-state index contributed by atoms with van der Waals surface area (Å²) >= 11 is 7.33. The van der Waals surface area contributed by atoms with Crippen molar-refractivity contribution in [2.24, 2.45) is 11.7 Å². The second kappa shape index (κ2) is 8.51. The van der Waals surface area contributed by atoms with E-state index in [2.05, 4.69) is 12.2 Å². The largest absolute Gasteiger partial charge is 0.351 e. The second-order valence-electron chi connectivity index (χ2n) is 4.37. The van der Waals surface area contributed by atoms with Crippen LogP contribution < -0.4 is 11.1 Å². The van der Waals surface area contributed by atoms with Gasteiger partial charge in [-0.3, -0.25) is 4.79 Å². The van der Waals surface area contributed by atoms with E-state index in [4.69, 9.17) is 17.3 Å². The third-order valence-electron chi connectivity index (χ3n) is 3.02. The molecule has 102 valence electrons. The topological polar surface area (TPSA) is 55.1 Å². The van der Waals surface area contributed by atoms with Gasteiger partial charge in [0.1, 0.15) is 0 Å². The smallest absolute Gasteiger partial charge is 0.220 e. The van der Waals surface area contributed by atoms with Crippen LogP contribution in [0.3, 0.4) is 0 Å². The monoisotopic (exact) mass is 288 g/mol. The summed E-state index contributed by atoms with van der Waals surface area (Å²) < 4.78 is 0.758. The van der Waals surface area contributed by atoms with E-state index in [0.717, 1.165) is 28.5 Å². The Bertz CT molecular complexity index is 368. The third-order valence-corrected chi connectivity index (χ3v) is 4.25. The number of hydrogen-bond acceptors (Lipinski definition) is 3. The zero-order valence-electron chi connectivity index (χ0n) is 10.7. The molecule has 0 aliphatic rings. The molecule has 0 saturated carbocycles. The maximum atomic E-state index is 11.7. The van der Waals surface area contributed by atoms with Gasteiger partial charge in [-0.2, -0.15) is 0 Å². The summed E-state index contributed by atoms with van der Waals surface area (Å²) in [7, 11) is 0. The van der Waals surface area contributed by atoms with Crippen LogP contribution in [0.5, 0.6) is 0 Å². The number of nitrogens with two attached hydrogens (primary N) is 1. The van der Waals surface area contributed by atoms with Crippen LogP contribution in [-0.2, 0) is 11.3 Å². The van der Waals surface area contributed by atoms with Gasteiger partial charge < -0.3 is 11.1 Å². The van der Waals surface area contributed by atoms with Crippen LogP contribution in [0.1, 0.15) is 37.5 Å². The molecule has 0 aromatic carbocycles. The fourth-order valence-corrected chi connectivity index (χ4v) is 2.87. The molecule has 1 aromatic heterocycles. The number of thiophene rings is 1. The lowest BCUT2D eigenvalue weighted by molar-refractivity contribution is -0.121. The van der Waals surface area contributed by atoms with Gasteiger partial charge in [0.05, 0.1) is 10.9 Å². The first kappa shape index (κ1) is 15.5. The Labute approximate surface area is 118 Å². The molecule has 0 aliphatic carbocycles. The Morgan fingerprint density at radius 1 is 1.50 bits per heavy atom. The summed E-state index contributed by atoms with van der Waals surface area (Å²) in [4.78, 5) is 12.8. The highest BCUT2D eigenvalue weighted by atomic mass is 35.5. The molecule has 18 heavy (non-hydrogen) atoms. The van der Waals surface area contributed by atoms with E-state index in [0.29, 0.717) is 25.4 Å². The van der Waals surface area contributed by atoms with Gasteiger partial charge in [-0.25, -0.2) is 0 Å². The van der Waals surface area contributed by atoms with Gasteiger partial charge in [0.15, 0.2) is 0 Å². The van der Waals surface area contributed by atoms with Crippen molar-refractivity contribution in [2.75, 3.05) is 6.54 Å². The molecule has 0 spiro atoms. The minimum atomic E-state index is 0.106. The SMILES string of the molecule is CCC(CCN)CCC(=O)NCc1ccc(Cl)s1. The predicted molar refractivity (Wildman–Crippen MR) is 77.9 cm³/mol. The zero-order chi connectivity index (χ0) is 13.4. The van der Waals surface area contributed by atoms with E-state index in [1.165, 1.54) is 11.3 Å². The molecule has 1 aromatic rings. The van der Waals surface area contributed by atoms with Crippen LogP contribution in [0.15, 0.2) is 12.1 Å². The number of halogens is 1. The average Bonchev–Trinajstić information content (AvgIpc) is 2.77. The summed E-state index contributed by atoms with van der Waals surface area (Å²) in [6, 6.07) is 3.79. The lowest BCUT2D eigenvalue weighted by Crippen LogP contribution is -2.23. The molecule has 1 amide bonds. The molecule has 0 saturated heterocycles. The minimum absolute atomic E-state index is 0.106. The summed E-state index contributed by atoms with van der Waals surface area (Å²) in [6.45, 7) is 3.42. The first-order chi connectivity index (χ1) is 8.65. The van der Waals surface area contributed by atoms with Crippen molar-refractivity contribution in [1.82, 2.24) is 5.32 Å². The molecule has 1 unspecified atom stereocenters. The Balaban J connectivity index is 2.21. The first-order valence-corrected chi connectivity index (χ1v) is 7.56. The fraction of sp³-hybridized carbons (Fsp3) is 0.615. The molecule has 0 aliphatic heterocycles. The third kappa shape index (κ3) is 5.85. The molecule has 3 N–H and O–H groups in total. The van der Waals surface area contributed by atoms with Gasteiger partial charge in [0.2, 0.25) is 5.91 Å². The van der Waals surface area contributed by atoms with Gasteiger partial charge in [-0.15, -0.1) is 11.3 Å². The van der Waals surface area contributed by atoms with Crippen LogP contribution in [0, 0.1) is 5.92 Å². The van der Waals surface area contributed by atoms with Crippen LogP contribution in [0.2, 0.25) is 4.34 Å². The van der Waals surface area contributed by atoms with E-state index in [1.54, 1.807) is 0 Å². The maximum absolute atomic E-state index is 11.7. The van der Waals surface area contributed by atoms with E-state index in [-0.39, 0.29) is 5.91 Å². The lowest BCUT2D eigenvalue weighted by atomic mass is 9.96. The maximum Gasteiger partial charge on any atom is 0.220 e. The molecule has 1 atom stereocenters. The first-order valence-electron chi connectivity index (χ1n) is 6.36. The number of nitrogens with one attached hydrogen (secondary N) is 1. The normalized spacial score (nSPS) is 12.4. The highest BCUT2D eigenvalue weighted by molar-refractivity contribution is 7.16. The Morgan fingerprint density at radius 3 is 2.83 bits per heavy atom. The molecule has 0 fully saturated rings. The highest BCUT2D eigenvalue weighted by Crippen LogP contribution is 2.21. The molecule has 0 radical (unpaired) electrons. The minimum Gasteiger partial charge on any atom is -0.351 e. The van der Waals surface area contributed by atoms with Gasteiger partial charge in [-0.1, -0.05) is 24.9 Å². The van der Waals surface area contributed by atoms with Crippen LogP contribution in [0.25, 0.3) is 0 Å². The summed E-state index contributed by atoms with van der Waals surface area (Å²) in [5.41, 5.74) is 5.54. The zero-order valence-corrected chi connectivity index (χ0v) is 12.3. The van der Waals surface area contributed by atoms with Gasteiger partial charge in [-0.05, 0) is 37.4 Å². The highest BCUT2D eigenvalue weighted by Gasteiger charge is 2.09. The van der Waals surface area contributed by atoms with Crippen molar-refractivity contribution in [3.05, 3.63) is 21.3 Å². The van der Waals surface area contributed by atoms with Crippen molar-refractivity contribution >= 4 is 28.8 Å². The molecule has 0 bridgehead atoms. The van der Waals surface area contributed by atoms with Gasteiger partial charge in [0, 0.05) is 11.3 Å². The standard InChI is InChI=1S/C13H21ClN2OS/c1-2-10(7-8-15)3-6-13(17)16-9-11-4-5-12(14)18-11/h4-5,10H,2-3,6-9,15H2,1H3,(H,16,17). The summed E-state index contributed by atoms with van der Waals surface area (Å²) in [5.74, 6) is 0.673. The van der Waals surface area contributed by atoms with Crippen molar-refractivity contribution in [3.63, 3.8) is 0 Å². The van der Waals surface area contributed by atoms with Gasteiger partial charge >= 0.3 is 0 Å². The van der Waals surface area contributed by atoms with Crippen molar-refractivity contribution in [2.45, 2.75) is 39.2 Å². The summed E-state index contributed by atoms with van der Waals surface area (Å²) in [5, 5.41) is 2.92. The average molecular weight is 289 g/mol. The number of carbonyl (C=O) groups excluding carboxylic acids is 1. The molecular formula is C13H21ClN2OS. The van der Waals surface area contributed by atoms with Crippen LogP contribution in [0.4, 0.5) is 0 Å². The molecule has 5 heteroatoms. The number of carbonyl (C=O) groups is 1. The Morgan fingerprint density at radius 2 is 2.28 bits per heavy atom. The van der Waals surface area contributed by atoms with Crippen molar-refractivity contribution in [3.8, 4) is 0 Å². The van der Waals surface area contributed by atoms with E-state index < -0.39 is 0 Å². The number of hydrogen-bond donors (Lipinski definition) is 2. The summed E-state index contributed by atoms with van der Waals surface area (Å²) in [6.07, 6.45) is 3.59. The van der Waals surface area contributed by atoms with Crippen LogP contribution >= 0.6 is 22.9 Å². The number of amides is 1. The molecule has 1 rings (SSSR count). The lowest BCUT2D eigenvalue weighted by Gasteiger charge is -2.12. The van der Waals surface area contributed by atoms with Crippen LogP contribution in [-0.4, -0.2) is 12.5 Å². The van der Waals surface area contributed by atoms with E-state index in [1.807, 2.05) is 12.1 Å². The molecule has 3 nitrogen and oxygen atoms in total. The second-order valence-corrected chi connectivity index (χ2v) is 6.17. The Kier molecular flexibility index (Phi) is 7.32. The van der Waals surface area contributed by atoms with E-state index >= 15 is 0 Å². The predicted octanol–water partition coefficient (Wildman–Crippen LogP) is 3.17. The van der Waals surface area contributed by atoms with Crippen molar-refractivity contribution < 1.29 is 4.79 Å². The quantitative estimate of drug-likeness (QED) is 0.772. The number of rotatable bonds is 8. The fourth-order valence-electron chi connectivity index (χ4n) is 1.84. The van der Waals surface area contributed by atoms with E-state index in [9.17, 15) is 4.79 Å². The van der Waals surface area contributed by atoms with Crippen molar-refractivity contribution in [1.29, 1.82) is 0 Å². The van der Waals surface area contributed by atoms with Gasteiger partial charge in [0.25, 0.3) is 0 Å². The molecular weight excluding hydrogens is 268 g/mol. The Hall–Kier alpha value is -0.580. The molecule has 1 heterocycles.